The lowest BCUT2D eigenvalue weighted by molar-refractivity contribution is -0.150. The second kappa shape index (κ2) is 5.44. The van der Waals surface area contributed by atoms with Crippen LogP contribution >= 0.6 is 11.8 Å². The van der Waals surface area contributed by atoms with Crippen molar-refractivity contribution in [3.8, 4) is 5.75 Å². The number of hydrogen-bond acceptors (Lipinski definition) is 5. The lowest BCUT2D eigenvalue weighted by Crippen LogP contribution is -2.39. The number of Topliss-reactive ketones (excluding diaryl/α,β-unsaturated/α-hetero) is 1. The highest BCUT2D eigenvalue weighted by molar-refractivity contribution is 7.99. The fourth-order valence-corrected chi connectivity index (χ4v) is 2.73. The van der Waals surface area contributed by atoms with E-state index in [1.54, 1.807) is 18.7 Å². The van der Waals surface area contributed by atoms with E-state index in [4.69, 9.17) is 4.74 Å². The van der Waals surface area contributed by atoms with Gasteiger partial charge in [0.1, 0.15) is 11.7 Å². The highest BCUT2D eigenvalue weighted by Crippen LogP contribution is 2.35. The molecule has 0 aliphatic carbocycles. The summed E-state index contributed by atoms with van der Waals surface area (Å²) < 4.78 is 10.2. The van der Waals surface area contributed by atoms with Gasteiger partial charge in [0, 0.05) is 10.6 Å². The molecule has 0 spiro atoms. The van der Waals surface area contributed by atoms with Gasteiger partial charge in [-0.05, 0) is 19.1 Å². The van der Waals surface area contributed by atoms with E-state index in [0.29, 0.717) is 11.5 Å². The van der Waals surface area contributed by atoms with Crippen molar-refractivity contribution < 1.29 is 19.1 Å². The van der Waals surface area contributed by atoms with Gasteiger partial charge in [-0.2, -0.15) is 0 Å². The van der Waals surface area contributed by atoms with Crippen LogP contribution in [-0.4, -0.2) is 30.7 Å². The summed E-state index contributed by atoms with van der Waals surface area (Å²) in [6, 6.07) is 7.55. The van der Waals surface area contributed by atoms with Gasteiger partial charge < -0.3 is 9.47 Å². The summed E-state index contributed by atoms with van der Waals surface area (Å²) in [4.78, 5) is 24.4. The molecule has 2 atom stereocenters. The van der Waals surface area contributed by atoms with E-state index in [0.717, 1.165) is 4.90 Å². The molecular weight excluding hydrogens is 252 g/mol. The number of carbonyl (C=O) groups is 2. The molecule has 0 amide bonds. The Labute approximate surface area is 110 Å². The Hall–Kier alpha value is -1.49. The highest BCUT2D eigenvalue weighted by atomic mass is 32.2. The number of ether oxygens (including phenoxy) is 2. The first-order valence-corrected chi connectivity index (χ1v) is 6.62. The maximum absolute atomic E-state index is 12.1. The summed E-state index contributed by atoms with van der Waals surface area (Å²) >= 11 is 1.56. The Bertz CT molecular complexity index is 472. The van der Waals surface area contributed by atoms with Crippen LogP contribution in [0.5, 0.6) is 5.75 Å². The Kier molecular flexibility index (Phi) is 3.91. The number of carbonyl (C=O) groups excluding carboxylic acids is 2. The third-order valence-electron chi connectivity index (χ3n) is 2.81. The van der Waals surface area contributed by atoms with Crippen molar-refractivity contribution in [3.63, 3.8) is 0 Å². The largest absolute Gasteiger partial charge is 0.481 e. The minimum atomic E-state index is -0.786. The molecule has 0 fully saturated rings. The topological polar surface area (TPSA) is 52.6 Å². The predicted molar refractivity (Wildman–Crippen MR) is 67.8 cm³/mol. The van der Waals surface area contributed by atoms with Crippen molar-refractivity contribution in [3.05, 3.63) is 24.3 Å². The first-order valence-electron chi connectivity index (χ1n) is 5.63. The molecule has 0 saturated carbocycles. The molecule has 0 radical (unpaired) electrons. The van der Waals surface area contributed by atoms with Gasteiger partial charge in [0.05, 0.1) is 7.11 Å². The Morgan fingerprint density at radius 3 is 2.89 bits per heavy atom. The molecule has 4 nitrogen and oxygen atoms in total. The molecule has 18 heavy (non-hydrogen) atoms. The number of para-hydroxylation sites is 1. The Morgan fingerprint density at radius 1 is 1.44 bits per heavy atom. The van der Waals surface area contributed by atoms with Gasteiger partial charge in [-0.3, -0.25) is 9.59 Å². The third-order valence-corrected chi connectivity index (χ3v) is 3.93. The summed E-state index contributed by atoms with van der Waals surface area (Å²) in [5.74, 6) is -0.316. The SMILES string of the molecule is COC(=O)C(C)C(=O)C1CSc2ccccc2O1. The lowest BCUT2D eigenvalue weighted by Gasteiger charge is -2.25. The average molecular weight is 266 g/mol. The van der Waals surface area contributed by atoms with Crippen molar-refractivity contribution in [1.82, 2.24) is 0 Å². The average Bonchev–Trinajstić information content (AvgIpc) is 2.44. The molecule has 0 aromatic heterocycles. The van der Waals surface area contributed by atoms with Gasteiger partial charge in [0.15, 0.2) is 11.9 Å². The predicted octanol–water partition coefficient (Wildman–Crippen LogP) is 1.92. The lowest BCUT2D eigenvalue weighted by atomic mass is 10.0. The summed E-state index contributed by atoms with van der Waals surface area (Å²) in [6.07, 6.45) is -0.584. The van der Waals surface area contributed by atoms with E-state index in [9.17, 15) is 9.59 Å². The highest BCUT2D eigenvalue weighted by Gasteiger charge is 2.33. The quantitative estimate of drug-likeness (QED) is 0.618. The van der Waals surface area contributed by atoms with Crippen LogP contribution in [-0.2, 0) is 14.3 Å². The molecule has 5 heteroatoms. The second-order valence-electron chi connectivity index (χ2n) is 4.01. The summed E-state index contributed by atoms with van der Waals surface area (Å²) in [7, 11) is 1.28. The summed E-state index contributed by atoms with van der Waals surface area (Å²) in [6.45, 7) is 1.54. The van der Waals surface area contributed by atoms with Crippen LogP contribution < -0.4 is 4.74 Å². The second-order valence-corrected chi connectivity index (χ2v) is 5.07. The fourth-order valence-electron chi connectivity index (χ4n) is 1.73. The zero-order valence-electron chi connectivity index (χ0n) is 10.2. The van der Waals surface area contributed by atoms with Crippen LogP contribution in [0.25, 0.3) is 0 Å². The summed E-state index contributed by atoms with van der Waals surface area (Å²) in [5.41, 5.74) is 0. The summed E-state index contributed by atoms with van der Waals surface area (Å²) in [5, 5.41) is 0. The normalized spacial score (nSPS) is 19.3. The zero-order valence-corrected chi connectivity index (χ0v) is 11.0. The zero-order chi connectivity index (χ0) is 13.1. The van der Waals surface area contributed by atoms with Crippen molar-refractivity contribution >= 4 is 23.5 Å². The van der Waals surface area contributed by atoms with Crippen LogP contribution in [0.3, 0.4) is 0 Å². The van der Waals surface area contributed by atoms with Crippen LogP contribution in [0.4, 0.5) is 0 Å². The van der Waals surface area contributed by atoms with E-state index in [1.807, 2.05) is 24.3 Å². The fraction of sp³-hybridized carbons (Fsp3) is 0.385. The Balaban J connectivity index is 2.09. The molecule has 1 aliphatic rings. The number of ketones is 1. The van der Waals surface area contributed by atoms with E-state index in [-0.39, 0.29) is 5.78 Å². The van der Waals surface area contributed by atoms with Gasteiger partial charge in [-0.25, -0.2) is 0 Å². The number of esters is 1. The monoisotopic (exact) mass is 266 g/mol. The number of thioether (sulfide) groups is 1. The molecule has 96 valence electrons. The number of benzene rings is 1. The van der Waals surface area contributed by atoms with Crippen LogP contribution in [0.2, 0.25) is 0 Å². The molecule has 2 rings (SSSR count). The van der Waals surface area contributed by atoms with Gasteiger partial charge in [-0.15, -0.1) is 11.8 Å². The maximum atomic E-state index is 12.1. The number of methoxy groups -OCH3 is 1. The van der Waals surface area contributed by atoms with E-state index >= 15 is 0 Å². The van der Waals surface area contributed by atoms with Crippen LogP contribution in [0, 0.1) is 5.92 Å². The number of hydrogen-bond donors (Lipinski definition) is 0. The van der Waals surface area contributed by atoms with E-state index in [2.05, 4.69) is 4.74 Å². The van der Waals surface area contributed by atoms with Crippen molar-refractivity contribution in [2.24, 2.45) is 5.92 Å². The molecule has 1 heterocycles. The minimum absolute atomic E-state index is 0.233. The maximum Gasteiger partial charge on any atom is 0.316 e. The van der Waals surface area contributed by atoms with Gasteiger partial charge in [0.2, 0.25) is 0 Å². The van der Waals surface area contributed by atoms with Crippen LogP contribution in [0.15, 0.2) is 29.2 Å². The van der Waals surface area contributed by atoms with Gasteiger partial charge in [0.25, 0.3) is 0 Å². The first kappa shape index (κ1) is 13.0. The van der Waals surface area contributed by atoms with Crippen molar-refractivity contribution in [1.29, 1.82) is 0 Å². The van der Waals surface area contributed by atoms with Gasteiger partial charge >= 0.3 is 5.97 Å². The first-order chi connectivity index (χ1) is 8.63. The molecule has 1 aliphatic heterocycles. The molecule has 0 saturated heterocycles. The number of fused-ring (bicyclic) bond motifs is 1. The van der Waals surface area contributed by atoms with E-state index < -0.39 is 18.0 Å². The molecule has 1 aromatic carbocycles. The standard InChI is InChI=1S/C13H14O4S/c1-8(13(15)16-2)12(14)10-7-18-11-6-4-3-5-9(11)17-10/h3-6,8,10H,7H2,1-2H3. The Morgan fingerprint density at radius 2 is 2.17 bits per heavy atom. The molecular formula is C13H14O4S. The molecule has 1 aromatic rings. The molecule has 0 N–H and O–H groups in total. The van der Waals surface area contributed by atoms with Gasteiger partial charge in [-0.1, -0.05) is 12.1 Å². The van der Waals surface area contributed by atoms with Crippen molar-refractivity contribution in [2.45, 2.75) is 17.9 Å². The third kappa shape index (κ3) is 2.51. The molecule has 2 unspecified atom stereocenters. The minimum Gasteiger partial charge on any atom is -0.481 e. The van der Waals surface area contributed by atoms with Crippen molar-refractivity contribution in [2.75, 3.05) is 12.9 Å². The number of rotatable bonds is 3. The van der Waals surface area contributed by atoms with Crippen LogP contribution in [0.1, 0.15) is 6.92 Å². The molecule has 0 bridgehead atoms. The van der Waals surface area contributed by atoms with E-state index in [1.165, 1.54) is 7.11 Å². The smallest absolute Gasteiger partial charge is 0.316 e.